The number of alkyl halides is 2. The molecule has 0 aliphatic carbocycles. The topological polar surface area (TPSA) is 15.3 Å². The molecule has 0 bridgehead atoms. The molecule has 4 heteroatoms. The first-order chi connectivity index (χ1) is 10.8. The summed E-state index contributed by atoms with van der Waals surface area (Å²) in [4.78, 5) is 2.61. The van der Waals surface area contributed by atoms with Crippen molar-refractivity contribution in [2.24, 2.45) is 23.7 Å². The van der Waals surface area contributed by atoms with Crippen LogP contribution in [0.1, 0.15) is 59.8 Å². The molecule has 0 aromatic rings. The highest BCUT2D eigenvalue weighted by atomic mass is 19.3. The summed E-state index contributed by atoms with van der Waals surface area (Å²) in [6.07, 6.45) is 4.89. The Morgan fingerprint density at radius 2 is 1.70 bits per heavy atom. The number of piperidine rings is 2. The Morgan fingerprint density at radius 3 is 2.26 bits per heavy atom. The third-order valence-electron chi connectivity index (χ3n) is 6.34. The number of hydrogen-bond donors (Lipinski definition) is 1. The number of nitrogens with one attached hydrogen (secondary N) is 1. The molecule has 0 spiro atoms. The SMILES string of the molecule is CC(C)C1CCN(C(C)CC[C@@H](C)C2CNCC(F)(F)C2)CC1. The van der Waals surface area contributed by atoms with E-state index in [1.165, 1.54) is 25.9 Å². The van der Waals surface area contributed by atoms with E-state index < -0.39 is 5.92 Å². The van der Waals surface area contributed by atoms with Crippen molar-refractivity contribution in [2.45, 2.75) is 71.8 Å². The lowest BCUT2D eigenvalue weighted by molar-refractivity contribution is -0.0486. The zero-order valence-corrected chi connectivity index (χ0v) is 15.5. The Balaban J connectivity index is 1.71. The lowest BCUT2D eigenvalue weighted by Gasteiger charge is -2.38. The molecule has 0 amide bonds. The van der Waals surface area contributed by atoms with Crippen molar-refractivity contribution >= 4 is 0 Å². The van der Waals surface area contributed by atoms with Crippen molar-refractivity contribution in [1.29, 1.82) is 0 Å². The van der Waals surface area contributed by atoms with Crippen LogP contribution in [0.5, 0.6) is 0 Å². The first-order valence-electron chi connectivity index (χ1n) is 9.61. The van der Waals surface area contributed by atoms with Crippen LogP contribution in [0.25, 0.3) is 0 Å². The first kappa shape index (κ1) is 19.1. The number of hydrogen-bond acceptors (Lipinski definition) is 2. The molecule has 0 radical (unpaired) electrons. The Bertz CT molecular complexity index is 351. The second-order valence-corrected chi connectivity index (χ2v) is 8.47. The summed E-state index contributed by atoms with van der Waals surface area (Å²) in [5.74, 6) is -0.329. The molecule has 3 atom stereocenters. The average Bonchev–Trinajstić information content (AvgIpc) is 2.51. The van der Waals surface area contributed by atoms with Crippen LogP contribution in [0, 0.1) is 23.7 Å². The van der Waals surface area contributed by atoms with E-state index in [4.69, 9.17) is 0 Å². The molecule has 1 N–H and O–H groups in total. The summed E-state index contributed by atoms with van der Waals surface area (Å²) in [6.45, 7) is 12.2. The van der Waals surface area contributed by atoms with Gasteiger partial charge in [-0.05, 0) is 75.9 Å². The van der Waals surface area contributed by atoms with E-state index in [0.29, 0.717) is 12.0 Å². The lowest BCUT2D eigenvalue weighted by atomic mass is 9.82. The minimum absolute atomic E-state index is 0.0648. The quantitative estimate of drug-likeness (QED) is 0.776. The van der Waals surface area contributed by atoms with Gasteiger partial charge < -0.3 is 10.2 Å². The summed E-state index contributed by atoms with van der Waals surface area (Å²) in [5.41, 5.74) is 0. The van der Waals surface area contributed by atoms with Gasteiger partial charge >= 0.3 is 0 Å². The van der Waals surface area contributed by atoms with Crippen LogP contribution in [0.4, 0.5) is 8.78 Å². The van der Waals surface area contributed by atoms with Crippen LogP contribution < -0.4 is 5.32 Å². The third kappa shape index (κ3) is 5.67. The number of rotatable bonds is 6. The number of likely N-dealkylation sites (tertiary alicyclic amines) is 1. The summed E-state index contributed by atoms with van der Waals surface area (Å²) in [7, 11) is 0. The second kappa shape index (κ2) is 8.24. The fraction of sp³-hybridized carbons (Fsp3) is 1.00. The molecule has 2 heterocycles. The van der Waals surface area contributed by atoms with E-state index in [0.717, 1.165) is 31.2 Å². The predicted octanol–water partition coefficient (Wildman–Crippen LogP) is 4.40. The summed E-state index contributed by atoms with van der Waals surface area (Å²) >= 11 is 0. The van der Waals surface area contributed by atoms with Crippen LogP contribution in [-0.4, -0.2) is 43.0 Å². The van der Waals surface area contributed by atoms with Crippen LogP contribution in [0.2, 0.25) is 0 Å². The lowest BCUT2D eigenvalue weighted by Crippen LogP contribution is -2.46. The molecule has 0 aromatic heterocycles. The van der Waals surface area contributed by atoms with Gasteiger partial charge in [-0.15, -0.1) is 0 Å². The molecule has 2 nitrogen and oxygen atoms in total. The van der Waals surface area contributed by atoms with Crippen LogP contribution in [-0.2, 0) is 0 Å². The van der Waals surface area contributed by atoms with E-state index in [2.05, 4.69) is 37.9 Å². The molecule has 2 fully saturated rings. The molecule has 2 rings (SSSR count). The van der Waals surface area contributed by atoms with Gasteiger partial charge in [-0.1, -0.05) is 20.8 Å². The van der Waals surface area contributed by atoms with Gasteiger partial charge in [0.05, 0.1) is 6.54 Å². The van der Waals surface area contributed by atoms with Crippen molar-refractivity contribution in [3.05, 3.63) is 0 Å². The Kier molecular flexibility index (Phi) is 6.85. The third-order valence-corrected chi connectivity index (χ3v) is 6.34. The van der Waals surface area contributed by atoms with Gasteiger partial charge in [0, 0.05) is 12.5 Å². The molecule has 2 aliphatic rings. The number of nitrogens with zero attached hydrogens (tertiary/aromatic N) is 1. The van der Waals surface area contributed by atoms with E-state index >= 15 is 0 Å². The van der Waals surface area contributed by atoms with Gasteiger partial charge in [0.25, 0.3) is 5.92 Å². The fourth-order valence-electron chi connectivity index (χ4n) is 4.32. The smallest absolute Gasteiger partial charge is 0.260 e. The first-order valence-corrected chi connectivity index (χ1v) is 9.61. The van der Waals surface area contributed by atoms with Gasteiger partial charge in [0.2, 0.25) is 0 Å². The van der Waals surface area contributed by atoms with Gasteiger partial charge in [-0.25, -0.2) is 8.78 Å². The highest BCUT2D eigenvalue weighted by molar-refractivity contribution is 4.85. The number of halogens is 2. The highest BCUT2D eigenvalue weighted by Gasteiger charge is 2.38. The predicted molar refractivity (Wildman–Crippen MR) is 92.9 cm³/mol. The maximum atomic E-state index is 13.5. The molecule has 0 saturated carbocycles. The fourth-order valence-corrected chi connectivity index (χ4v) is 4.32. The Morgan fingerprint density at radius 1 is 1.04 bits per heavy atom. The van der Waals surface area contributed by atoms with E-state index in [1.54, 1.807) is 0 Å². The largest absolute Gasteiger partial charge is 0.311 e. The maximum Gasteiger partial charge on any atom is 0.260 e. The maximum absolute atomic E-state index is 13.5. The molecule has 2 unspecified atom stereocenters. The van der Waals surface area contributed by atoms with Gasteiger partial charge in [0.15, 0.2) is 0 Å². The van der Waals surface area contributed by atoms with Crippen molar-refractivity contribution < 1.29 is 8.78 Å². The molecule has 136 valence electrons. The van der Waals surface area contributed by atoms with Crippen LogP contribution in [0.15, 0.2) is 0 Å². The van der Waals surface area contributed by atoms with Crippen molar-refractivity contribution in [3.63, 3.8) is 0 Å². The molecule has 0 aromatic carbocycles. The minimum atomic E-state index is -2.51. The van der Waals surface area contributed by atoms with E-state index in [-0.39, 0.29) is 18.9 Å². The van der Waals surface area contributed by atoms with Crippen molar-refractivity contribution in [3.8, 4) is 0 Å². The molecule has 23 heavy (non-hydrogen) atoms. The Hall–Kier alpha value is -0.220. The second-order valence-electron chi connectivity index (χ2n) is 8.47. The Labute approximate surface area is 141 Å². The summed E-state index contributed by atoms with van der Waals surface area (Å²) in [6, 6.07) is 0.586. The highest BCUT2D eigenvalue weighted by Crippen LogP contribution is 2.33. The van der Waals surface area contributed by atoms with Crippen LogP contribution >= 0.6 is 0 Å². The average molecular weight is 331 g/mol. The van der Waals surface area contributed by atoms with E-state index in [9.17, 15) is 8.78 Å². The normalized spacial score (nSPS) is 29.6. The van der Waals surface area contributed by atoms with Gasteiger partial charge in [-0.3, -0.25) is 0 Å². The minimum Gasteiger partial charge on any atom is -0.311 e. The summed E-state index contributed by atoms with van der Waals surface area (Å²) in [5, 5.41) is 2.91. The van der Waals surface area contributed by atoms with Gasteiger partial charge in [0.1, 0.15) is 0 Å². The molecular weight excluding hydrogens is 294 g/mol. The zero-order valence-electron chi connectivity index (χ0n) is 15.5. The molecular formula is C19H36F2N2. The van der Waals surface area contributed by atoms with E-state index in [1.807, 2.05) is 0 Å². The molecule has 2 saturated heterocycles. The summed E-state index contributed by atoms with van der Waals surface area (Å²) < 4.78 is 27.1. The van der Waals surface area contributed by atoms with Crippen molar-refractivity contribution in [2.75, 3.05) is 26.2 Å². The van der Waals surface area contributed by atoms with Gasteiger partial charge in [-0.2, -0.15) is 0 Å². The monoisotopic (exact) mass is 330 g/mol. The van der Waals surface area contributed by atoms with Crippen LogP contribution in [0.3, 0.4) is 0 Å². The zero-order chi connectivity index (χ0) is 17.0. The van der Waals surface area contributed by atoms with Crippen molar-refractivity contribution in [1.82, 2.24) is 10.2 Å². The molecule has 2 aliphatic heterocycles. The standard InChI is InChI=1S/C19H36F2N2/c1-14(2)17-7-9-23(10-8-17)16(4)6-5-15(3)18-11-19(20,21)13-22-12-18/h14-18,22H,5-13H2,1-4H3/t15-,16?,18?/m1/s1.